The average Bonchev–Trinajstić information content (AvgIpc) is 3.14. The van der Waals surface area contributed by atoms with Crippen LogP contribution in [0.5, 0.6) is 5.75 Å². The van der Waals surface area contributed by atoms with Gasteiger partial charge in [-0.15, -0.1) is 0 Å². The Hall–Kier alpha value is -3.18. The van der Waals surface area contributed by atoms with Crippen molar-refractivity contribution in [2.45, 2.75) is 19.1 Å². The van der Waals surface area contributed by atoms with Crippen molar-refractivity contribution in [3.63, 3.8) is 0 Å². The molecule has 3 amide bonds. The summed E-state index contributed by atoms with van der Waals surface area (Å²) >= 11 is 1.21. The molecule has 0 aliphatic carbocycles. The predicted octanol–water partition coefficient (Wildman–Crippen LogP) is -0.918. The van der Waals surface area contributed by atoms with Gasteiger partial charge in [0.1, 0.15) is 11.8 Å². The monoisotopic (exact) mass is 407 g/mol. The zero-order chi connectivity index (χ0) is 20.5. The molecule has 0 radical (unpaired) electrons. The summed E-state index contributed by atoms with van der Waals surface area (Å²) in [4.78, 5) is 40.0. The molecule has 0 saturated heterocycles. The Balaban J connectivity index is 1.76. The van der Waals surface area contributed by atoms with Crippen molar-refractivity contribution in [2.24, 2.45) is 5.73 Å². The molecule has 0 aliphatic rings. The summed E-state index contributed by atoms with van der Waals surface area (Å²) in [5, 5.41) is 26.4. The molecule has 0 saturated carbocycles. The van der Waals surface area contributed by atoms with Crippen molar-refractivity contribution in [1.82, 2.24) is 15.6 Å². The van der Waals surface area contributed by atoms with Gasteiger partial charge in [0.25, 0.3) is 0 Å². The summed E-state index contributed by atoms with van der Waals surface area (Å²) in [6.07, 6.45) is 1.66. The Morgan fingerprint density at radius 3 is 2.46 bits per heavy atom. The van der Waals surface area contributed by atoms with Gasteiger partial charge in [0, 0.05) is 12.6 Å². The fourth-order valence-electron chi connectivity index (χ4n) is 2.20. The lowest BCUT2D eigenvalue weighted by Crippen LogP contribution is -2.49. The van der Waals surface area contributed by atoms with E-state index in [1.165, 1.54) is 29.7 Å². The van der Waals surface area contributed by atoms with E-state index in [0.29, 0.717) is 15.6 Å². The highest BCUT2D eigenvalue weighted by Gasteiger charge is 2.19. The fourth-order valence-corrected chi connectivity index (χ4v) is 2.86. The molecule has 1 aromatic carbocycles. The molecule has 11 heteroatoms. The van der Waals surface area contributed by atoms with E-state index < -0.39 is 23.8 Å². The summed E-state index contributed by atoms with van der Waals surface area (Å²) in [7, 11) is 0. The van der Waals surface area contributed by atoms with Crippen molar-refractivity contribution in [1.29, 1.82) is 0 Å². The van der Waals surface area contributed by atoms with Crippen LogP contribution in [0.1, 0.15) is 10.4 Å². The van der Waals surface area contributed by atoms with Gasteiger partial charge in [-0.2, -0.15) is 0 Å². The molecule has 1 atom stereocenters. The van der Waals surface area contributed by atoms with Crippen LogP contribution in [-0.2, 0) is 27.4 Å². The Labute approximate surface area is 164 Å². The highest BCUT2D eigenvalue weighted by molar-refractivity contribution is 7.15. The average molecular weight is 407 g/mol. The number of phenolic OH excluding ortho intramolecular Hbond substituents is 1. The first-order chi connectivity index (χ1) is 13.4. The zero-order valence-electron chi connectivity index (χ0n) is 14.8. The number of nitrogens with one attached hydrogen (secondary N) is 3. The molecule has 1 aromatic heterocycles. The van der Waals surface area contributed by atoms with Crippen LogP contribution >= 0.6 is 11.3 Å². The number of aromatic nitrogens is 1. The molecule has 1 unspecified atom stereocenters. The second kappa shape index (κ2) is 10.2. The summed E-state index contributed by atoms with van der Waals surface area (Å²) in [6, 6.07) is 5.22. The van der Waals surface area contributed by atoms with Crippen LogP contribution in [0.3, 0.4) is 0 Å². The molecule has 1 heterocycles. The maximum atomic E-state index is 12.0. The molecule has 7 N–H and O–H groups in total. The molecule has 150 valence electrons. The second-order valence-corrected chi connectivity index (χ2v) is 6.93. The SMILES string of the molecule is NC(=O)C(Cc1ccc(O)cc1)NC(=O)CNC(=O)CNc1ncc(CO)s1. The molecule has 0 aliphatic heterocycles. The van der Waals surface area contributed by atoms with Crippen molar-refractivity contribution in [3.05, 3.63) is 40.9 Å². The van der Waals surface area contributed by atoms with E-state index in [9.17, 15) is 19.5 Å². The fraction of sp³-hybridized carbons (Fsp3) is 0.294. The lowest BCUT2D eigenvalue weighted by Gasteiger charge is -2.16. The van der Waals surface area contributed by atoms with E-state index in [2.05, 4.69) is 20.9 Å². The number of thiazole rings is 1. The Morgan fingerprint density at radius 1 is 1.14 bits per heavy atom. The molecule has 2 rings (SSSR count). The number of amides is 3. The Bertz CT molecular complexity index is 824. The summed E-state index contributed by atoms with van der Waals surface area (Å²) in [6.45, 7) is -0.547. The maximum absolute atomic E-state index is 12.0. The number of hydrogen-bond donors (Lipinski definition) is 6. The van der Waals surface area contributed by atoms with Gasteiger partial charge in [-0.3, -0.25) is 14.4 Å². The van der Waals surface area contributed by atoms with Crippen LogP contribution in [0.25, 0.3) is 0 Å². The van der Waals surface area contributed by atoms with Gasteiger partial charge >= 0.3 is 0 Å². The summed E-state index contributed by atoms with van der Waals surface area (Å²) in [5.74, 6) is -1.62. The molecule has 10 nitrogen and oxygen atoms in total. The van der Waals surface area contributed by atoms with Crippen molar-refractivity contribution in [3.8, 4) is 5.75 Å². The summed E-state index contributed by atoms with van der Waals surface area (Å²) in [5.41, 5.74) is 6.03. The lowest BCUT2D eigenvalue weighted by atomic mass is 10.1. The van der Waals surface area contributed by atoms with Gasteiger partial charge in [0.2, 0.25) is 17.7 Å². The van der Waals surface area contributed by atoms with E-state index in [1.54, 1.807) is 12.1 Å². The van der Waals surface area contributed by atoms with Gasteiger partial charge in [0.05, 0.1) is 24.6 Å². The maximum Gasteiger partial charge on any atom is 0.240 e. The minimum atomic E-state index is -0.945. The highest BCUT2D eigenvalue weighted by Crippen LogP contribution is 2.17. The molecule has 0 spiro atoms. The first kappa shape index (κ1) is 21.1. The predicted molar refractivity (Wildman–Crippen MR) is 102 cm³/mol. The third-order valence-corrected chi connectivity index (χ3v) is 4.55. The van der Waals surface area contributed by atoms with E-state index in [-0.39, 0.29) is 31.9 Å². The van der Waals surface area contributed by atoms with E-state index in [4.69, 9.17) is 10.8 Å². The normalized spacial score (nSPS) is 11.5. The number of rotatable bonds is 10. The number of phenols is 1. The Morgan fingerprint density at radius 2 is 1.86 bits per heavy atom. The van der Waals surface area contributed by atoms with Crippen molar-refractivity contribution >= 4 is 34.2 Å². The second-order valence-electron chi connectivity index (χ2n) is 5.81. The van der Waals surface area contributed by atoms with Crippen LogP contribution in [0.15, 0.2) is 30.5 Å². The van der Waals surface area contributed by atoms with Gasteiger partial charge in [0.15, 0.2) is 5.13 Å². The number of anilines is 1. The van der Waals surface area contributed by atoms with Crippen LogP contribution in [0.2, 0.25) is 0 Å². The number of aliphatic hydroxyl groups is 1. The Kier molecular flexibility index (Phi) is 7.72. The lowest BCUT2D eigenvalue weighted by molar-refractivity contribution is -0.128. The van der Waals surface area contributed by atoms with E-state index >= 15 is 0 Å². The third kappa shape index (κ3) is 6.85. The topological polar surface area (TPSA) is 167 Å². The number of nitrogens with zero attached hydrogens (tertiary/aromatic N) is 1. The van der Waals surface area contributed by atoms with Gasteiger partial charge in [-0.1, -0.05) is 23.5 Å². The smallest absolute Gasteiger partial charge is 0.240 e. The van der Waals surface area contributed by atoms with Crippen molar-refractivity contribution in [2.75, 3.05) is 18.4 Å². The number of aliphatic hydroxyl groups excluding tert-OH is 1. The molecule has 0 fully saturated rings. The van der Waals surface area contributed by atoms with Gasteiger partial charge < -0.3 is 31.9 Å². The van der Waals surface area contributed by atoms with E-state index in [1.807, 2.05) is 0 Å². The molecule has 28 heavy (non-hydrogen) atoms. The first-order valence-corrected chi connectivity index (χ1v) is 9.11. The largest absolute Gasteiger partial charge is 0.508 e. The summed E-state index contributed by atoms with van der Waals surface area (Å²) < 4.78 is 0. The van der Waals surface area contributed by atoms with Crippen LogP contribution < -0.4 is 21.7 Å². The molecular formula is C17H21N5O5S. The number of hydrogen-bond acceptors (Lipinski definition) is 8. The van der Waals surface area contributed by atoms with Gasteiger partial charge in [-0.25, -0.2) is 4.98 Å². The van der Waals surface area contributed by atoms with Crippen LogP contribution in [0, 0.1) is 0 Å². The molecule has 2 aromatic rings. The van der Waals surface area contributed by atoms with Crippen LogP contribution in [0.4, 0.5) is 5.13 Å². The highest BCUT2D eigenvalue weighted by atomic mass is 32.1. The van der Waals surface area contributed by atoms with Crippen molar-refractivity contribution < 1.29 is 24.6 Å². The van der Waals surface area contributed by atoms with E-state index in [0.717, 1.165) is 0 Å². The first-order valence-electron chi connectivity index (χ1n) is 8.30. The standard InChI is InChI=1S/C17H21N5O5S/c18-16(27)13(5-10-1-3-11(24)4-2-10)22-15(26)8-19-14(25)7-21-17-20-6-12(9-23)28-17/h1-4,6,13,23-24H,5,7-9H2,(H2,18,27)(H,19,25)(H,20,21)(H,22,26). The minimum Gasteiger partial charge on any atom is -0.508 e. The number of carbonyl (C=O) groups is 3. The third-order valence-electron chi connectivity index (χ3n) is 3.61. The number of primary amides is 1. The van der Waals surface area contributed by atoms with Gasteiger partial charge in [-0.05, 0) is 17.7 Å². The molecule has 0 bridgehead atoms. The molecular weight excluding hydrogens is 386 g/mol. The van der Waals surface area contributed by atoms with Crippen LogP contribution in [-0.4, -0.2) is 52.0 Å². The minimum absolute atomic E-state index is 0.0880. The number of carbonyl (C=O) groups excluding carboxylic acids is 3. The number of benzene rings is 1. The quantitative estimate of drug-likeness (QED) is 0.296. The number of aromatic hydroxyl groups is 1. The zero-order valence-corrected chi connectivity index (χ0v) is 15.7. The number of nitrogens with two attached hydrogens (primary N) is 1.